The van der Waals surface area contributed by atoms with E-state index in [1.165, 1.54) is 18.2 Å². The molecule has 2 aromatic rings. The highest BCUT2D eigenvalue weighted by atomic mass is 19.1. The maximum Gasteiger partial charge on any atom is 0.256 e. The number of carbonyl (C=O) groups is 1. The molecule has 4 rings (SSSR count). The van der Waals surface area contributed by atoms with Crippen molar-refractivity contribution in [2.45, 2.75) is 12.8 Å². The number of likely N-dealkylation sites (tertiary alicyclic amines) is 1. The first-order valence-corrected chi connectivity index (χ1v) is 9.21. The lowest BCUT2D eigenvalue weighted by atomic mass is 10.1. The molecular formula is C21H23FN2O3. The number of benzene rings is 2. The fraction of sp³-hybridized carbons (Fsp3) is 0.381. The second-order valence-corrected chi connectivity index (χ2v) is 7.53. The van der Waals surface area contributed by atoms with Crippen LogP contribution in [0.1, 0.15) is 22.3 Å². The Kier molecular flexibility index (Phi) is 4.61. The quantitative estimate of drug-likeness (QED) is 0.820. The highest BCUT2D eigenvalue weighted by molar-refractivity contribution is 5.95. The molecule has 2 aromatic carbocycles. The first kappa shape index (κ1) is 17.9. The average Bonchev–Trinajstić information content (AvgIpc) is 3.25. The van der Waals surface area contributed by atoms with E-state index in [2.05, 4.69) is 0 Å². The van der Waals surface area contributed by atoms with Crippen LogP contribution in [0.25, 0.3) is 0 Å². The molecule has 1 aliphatic heterocycles. The summed E-state index contributed by atoms with van der Waals surface area (Å²) in [5.41, 5.74) is 6.50. The molecule has 1 heterocycles. The van der Waals surface area contributed by atoms with Gasteiger partial charge in [0, 0.05) is 18.5 Å². The van der Waals surface area contributed by atoms with Gasteiger partial charge in [-0.1, -0.05) is 12.1 Å². The van der Waals surface area contributed by atoms with Crippen LogP contribution in [0.15, 0.2) is 42.5 Å². The van der Waals surface area contributed by atoms with Crippen molar-refractivity contribution < 1.29 is 19.0 Å². The Labute approximate surface area is 157 Å². The Morgan fingerprint density at radius 3 is 2.67 bits per heavy atom. The smallest absolute Gasteiger partial charge is 0.256 e. The van der Waals surface area contributed by atoms with Gasteiger partial charge in [0.05, 0.1) is 12.2 Å². The number of amides is 1. The number of aliphatic hydroxyl groups excluding tert-OH is 1. The van der Waals surface area contributed by atoms with Crippen LogP contribution in [-0.4, -0.2) is 42.2 Å². The van der Waals surface area contributed by atoms with Crippen LogP contribution in [0, 0.1) is 17.2 Å². The van der Waals surface area contributed by atoms with Gasteiger partial charge in [-0.3, -0.25) is 4.79 Å². The van der Waals surface area contributed by atoms with Crippen molar-refractivity contribution in [1.82, 2.24) is 4.90 Å². The van der Waals surface area contributed by atoms with Gasteiger partial charge in [0.1, 0.15) is 17.3 Å². The first-order valence-electron chi connectivity index (χ1n) is 9.21. The molecule has 1 saturated carbocycles. The van der Waals surface area contributed by atoms with Crippen LogP contribution >= 0.6 is 0 Å². The minimum absolute atomic E-state index is 0.00152. The van der Waals surface area contributed by atoms with Crippen molar-refractivity contribution in [1.29, 1.82) is 0 Å². The lowest BCUT2D eigenvalue weighted by molar-refractivity contribution is 0.0746. The number of carbonyl (C=O) groups excluding carboxylic acids is 1. The molecule has 0 aromatic heterocycles. The lowest BCUT2D eigenvalue weighted by Crippen LogP contribution is -2.33. The zero-order valence-electron chi connectivity index (χ0n) is 15.0. The molecule has 1 saturated heterocycles. The summed E-state index contributed by atoms with van der Waals surface area (Å²) in [6, 6.07) is 11.7. The van der Waals surface area contributed by atoms with Crippen LogP contribution in [-0.2, 0) is 6.42 Å². The van der Waals surface area contributed by atoms with E-state index >= 15 is 0 Å². The summed E-state index contributed by atoms with van der Waals surface area (Å²) in [7, 11) is 0. The monoisotopic (exact) mass is 370 g/mol. The molecule has 2 fully saturated rings. The van der Waals surface area contributed by atoms with Crippen molar-refractivity contribution in [3.63, 3.8) is 0 Å². The predicted molar refractivity (Wildman–Crippen MR) is 99.2 cm³/mol. The van der Waals surface area contributed by atoms with Gasteiger partial charge >= 0.3 is 0 Å². The van der Waals surface area contributed by atoms with Crippen LogP contribution in [0.4, 0.5) is 4.39 Å². The number of halogens is 1. The van der Waals surface area contributed by atoms with Gasteiger partial charge in [-0.25, -0.2) is 4.39 Å². The maximum absolute atomic E-state index is 14.3. The highest BCUT2D eigenvalue weighted by Crippen LogP contribution is 2.57. The van der Waals surface area contributed by atoms with Crippen molar-refractivity contribution in [3.05, 3.63) is 59.4 Å². The minimum atomic E-state index is -0.565. The maximum atomic E-state index is 14.3. The zero-order valence-corrected chi connectivity index (χ0v) is 15.0. The van der Waals surface area contributed by atoms with Crippen molar-refractivity contribution >= 4 is 5.91 Å². The molecule has 0 unspecified atom stereocenters. The molecule has 142 valence electrons. The summed E-state index contributed by atoms with van der Waals surface area (Å²) >= 11 is 0. The summed E-state index contributed by atoms with van der Waals surface area (Å²) < 4.78 is 20.1. The molecule has 1 amide bonds. The van der Waals surface area contributed by atoms with E-state index < -0.39 is 5.82 Å². The number of fused-ring (bicyclic) bond motifs is 1. The SMILES string of the molecule is NCCc1ccc(Oc2ccc(F)c(C(=O)N3C[C@H]4C[C@@]4(CO)C3)c2)cc1. The Morgan fingerprint density at radius 1 is 1.26 bits per heavy atom. The summed E-state index contributed by atoms with van der Waals surface area (Å²) in [4.78, 5) is 14.4. The second kappa shape index (κ2) is 6.94. The van der Waals surface area contributed by atoms with E-state index in [0.717, 1.165) is 18.4 Å². The Morgan fingerprint density at radius 2 is 2.00 bits per heavy atom. The molecular weight excluding hydrogens is 347 g/mol. The van der Waals surface area contributed by atoms with E-state index in [0.29, 0.717) is 37.1 Å². The Hall–Kier alpha value is -2.44. The molecule has 0 spiro atoms. The fourth-order valence-electron chi connectivity index (χ4n) is 3.92. The van der Waals surface area contributed by atoms with E-state index in [9.17, 15) is 14.3 Å². The van der Waals surface area contributed by atoms with Gasteiger partial charge in [-0.2, -0.15) is 0 Å². The van der Waals surface area contributed by atoms with E-state index in [4.69, 9.17) is 10.5 Å². The number of rotatable bonds is 6. The lowest BCUT2D eigenvalue weighted by Gasteiger charge is -2.21. The normalized spacial score (nSPS) is 23.2. The van der Waals surface area contributed by atoms with Crippen LogP contribution < -0.4 is 10.5 Å². The van der Waals surface area contributed by atoms with Gasteiger partial charge in [0.2, 0.25) is 0 Å². The average molecular weight is 370 g/mol. The van der Waals surface area contributed by atoms with E-state index in [1.54, 1.807) is 4.90 Å². The van der Waals surface area contributed by atoms with Gasteiger partial charge in [-0.15, -0.1) is 0 Å². The standard InChI is InChI=1S/C21H23FN2O3/c22-19-6-5-17(27-16-3-1-14(2-4-16)7-8-23)9-18(19)20(26)24-11-15-10-21(15,12-24)13-25/h1-6,9,15,25H,7-8,10-13,23H2/t15-,21+/m1/s1. The number of hydrogen-bond donors (Lipinski definition) is 2. The highest BCUT2D eigenvalue weighted by Gasteiger charge is 2.60. The molecule has 2 atom stereocenters. The molecule has 5 nitrogen and oxygen atoms in total. The summed E-state index contributed by atoms with van der Waals surface area (Å²) in [6.45, 7) is 1.72. The van der Waals surface area contributed by atoms with Gasteiger partial charge in [0.25, 0.3) is 5.91 Å². The first-order chi connectivity index (χ1) is 13.0. The van der Waals surface area contributed by atoms with Crippen LogP contribution in [0.5, 0.6) is 11.5 Å². The number of hydrogen-bond acceptors (Lipinski definition) is 4. The summed E-state index contributed by atoms with van der Waals surface area (Å²) in [5, 5.41) is 9.51. The van der Waals surface area contributed by atoms with Crippen molar-refractivity contribution in [2.75, 3.05) is 26.2 Å². The Bertz CT molecular complexity index is 851. The van der Waals surface area contributed by atoms with Crippen LogP contribution in [0.2, 0.25) is 0 Å². The third-order valence-corrected chi connectivity index (χ3v) is 5.67. The van der Waals surface area contributed by atoms with E-state index in [-0.39, 0.29) is 23.5 Å². The largest absolute Gasteiger partial charge is 0.457 e. The van der Waals surface area contributed by atoms with Gasteiger partial charge in [-0.05, 0) is 61.2 Å². The number of ether oxygens (including phenoxy) is 1. The van der Waals surface area contributed by atoms with E-state index in [1.807, 2.05) is 24.3 Å². The molecule has 0 bridgehead atoms. The predicted octanol–water partition coefficient (Wildman–Crippen LogP) is 2.57. The molecule has 6 heteroatoms. The van der Waals surface area contributed by atoms with Crippen molar-refractivity contribution in [3.8, 4) is 11.5 Å². The minimum Gasteiger partial charge on any atom is -0.457 e. The molecule has 3 N–H and O–H groups in total. The fourth-order valence-corrected chi connectivity index (χ4v) is 3.92. The number of piperidine rings is 1. The number of aliphatic hydroxyl groups is 1. The number of nitrogens with zero attached hydrogens (tertiary/aromatic N) is 1. The summed E-state index contributed by atoms with van der Waals surface area (Å²) in [6.07, 6.45) is 1.74. The zero-order chi connectivity index (χ0) is 19.0. The number of nitrogens with two attached hydrogens (primary N) is 1. The summed E-state index contributed by atoms with van der Waals surface area (Å²) in [5.74, 6) is 0.441. The molecule has 1 aliphatic carbocycles. The molecule has 0 radical (unpaired) electrons. The molecule has 2 aliphatic rings. The van der Waals surface area contributed by atoms with Crippen molar-refractivity contribution in [2.24, 2.45) is 17.1 Å². The van der Waals surface area contributed by atoms with Crippen LogP contribution in [0.3, 0.4) is 0 Å². The third-order valence-electron chi connectivity index (χ3n) is 5.67. The Balaban J connectivity index is 1.49. The third kappa shape index (κ3) is 3.42. The molecule has 27 heavy (non-hydrogen) atoms. The van der Waals surface area contributed by atoms with Gasteiger partial charge < -0.3 is 20.5 Å². The van der Waals surface area contributed by atoms with Gasteiger partial charge in [0.15, 0.2) is 0 Å². The second-order valence-electron chi connectivity index (χ2n) is 7.53. The topological polar surface area (TPSA) is 75.8 Å².